The fourth-order valence-electron chi connectivity index (χ4n) is 0.842. The second kappa shape index (κ2) is 4.54. The minimum atomic E-state index is 0.0114. The van der Waals surface area contributed by atoms with E-state index in [-0.39, 0.29) is 5.91 Å². The van der Waals surface area contributed by atoms with Gasteiger partial charge in [0.25, 0.3) is 0 Å². The molecule has 65 valence electrons. The molecular formula is C8H12N3O. The van der Waals surface area contributed by atoms with E-state index in [9.17, 15) is 4.79 Å². The van der Waals surface area contributed by atoms with Crippen molar-refractivity contribution >= 4 is 12.1 Å². The lowest BCUT2D eigenvalue weighted by Crippen LogP contribution is -2.24. The molecule has 4 nitrogen and oxygen atoms in total. The first-order valence-corrected chi connectivity index (χ1v) is 4.07. The number of nitrogens with one attached hydrogen (secondary N) is 1. The molecule has 4 heteroatoms. The minimum absolute atomic E-state index is 0.0114. The summed E-state index contributed by atoms with van der Waals surface area (Å²) >= 11 is 0. The molecule has 1 heterocycles. The SMILES string of the molecule is CCCCC(=O)NC1=CC=N[N]1. The van der Waals surface area contributed by atoms with Crippen LogP contribution in [-0.4, -0.2) is 12.1 Å². The van der Waals surface area contributed by atoms with E-state index in [2.05, 4.69) is 22.8 Å². The fourth-order valence-corrected chi connectivity index (χ4v) is 0.842. The maximum atomic E-state index is 11.1. The third kappa shape index (κ3) is 2.74. The Labute approximate surface area is 71.7 Å². The van der Waals surface area contributed by atoms with E-state index < -0.39 is 0 Å². The summed E-state index contributed by atoms with van der Waals surface area (Å²) < 4.78 is 0. The number of rotatable bonds is 4. The normalized spacial score (nSPS) is 13.9. The number of unbranched alkanes of at least 4 members (excludes halogenated alkanes) is 1. The zero-order valence-corrected chi connectivity index (χ0v) is 7.08. The maximum Gasteiger partial charge on any atom is 0.225 e. The average Bonchev–Trinajstić information content (AvgIpc) is 2.53. The molecule has 0 aromatic carbocycles. The smallest absolute Gasteiger partial charge is 0.225 e. The van der Waals surface area contributed by atoms with E-state index in [0.29, 0.717) is 12.2 Å². The Morgan fingerprint density at radius 3 is 3.08 bits per heavy atom. The van der Waals surface area contributed by atoms with Crippen molar-refractivity contribution < 1.29 is 4.79 Å². The van der Waals surface area contributed by atoms with E-state index in [1.807, 2.05) is 0 Å². The van der Waals surface area contributed by atoms with Gasteiger partial charge in [-0.2, -0.15) is 5.10 Å². The Morgan fingerprint density at radius 1 is 1.67 bits per heavy atom. The van der Waals surface area contributed by atoms with Crippen LogP contribution in [0.4, 0.5) is 0 Å². The fraction of sp³-hybridized carbons (Fsp3) is 0.500. The molecule has 0 atom stereocenters. The minimum Gasteiger partial charge on any atom is -0.309 e. The number of amides is 1. The van der Waals surface area contributed by atoms with Gasteiger partial charge in [0.05, 0.1) is 6.21 Å². The quantitative estimate of drug-likeness (QED) is 0.658. The Balaban J connectivity index is 2.18. The third-order valence-electron chi connectivity index (χ3n) is 1.49. The number of nitrogens with zero attached hydrogens (tertiary/aromatic N) is 2. The van der Waals surface area contributed by atoms with Crippen molar-refractivity contribution in [3.8, 4) is 0 Å². The summed E-state index contributed by atoms with van der Waals surface area (Å²) in [4.78, 5) is 11.1. The second-order valence-electron chi connectivity index (χ2n) is 2.57. The lowest BCUT2D eigenvalue weighted by Gasteiger charge is -2.02. The molecule has 0 saturated heterocycles. The van der Waals surface area contributed by atoms with E-state index in [4.69, 9.17) is 0 Å². The molecule has 0 spiro atoms. The molecule has 0 bridgehead atoms. The van der Waals surface area contributed by atoms with Gasteiger partial charge in [0.1, 0.15) is 0 Å². The molecule has 0 aromatic heterocycles. The van der Waals surface area contributed by atoms with Crippen molar-refractivity contribution in [2.24, 2.45) is 5.10 Å². The molecule has 1 rings (SSSR count). The summed E-state index contributed by atoms with van der Waals surface area (Å²) in [6, 6.07) is 0. The molecule has 1 aliphatic heterocycles. The molecule has 0 unspecified atom stereocenters. The highest BCUT2D eigenvalue weighted by molar-refractivity contribution is 5.81. The van der Waals surface area contributed by atoms with Crippen molar-refractivity contribution in [1.29, 1.82) is 0 Å². The maximum absolute atomic E-state index is 11.1. The standard InChI is InChI=1S/C8H12N3O/c1-2-3-4-8(12)10-7-5-6-9-11-7/h5-6H,2-4H2,1H3,(H,10,12). The van der Waals surface area contributed by atoms with Gasteiger partial charge in [-0.25, -0.2) is 0 Å². The summed E-state index contributed by atoms with van der Waals surface area (Å²) in [6.07, 6.45) is 5.72. The van der Waals surface area contributed by atoms with Gasteiger partial charge in [-0.3, -0.25) is 4.79 Å². The first-order valence-electron chi connectivity index (χ1n) is 4.07. The topological polar surface area (TPSA) is 55.6 Å². The van der Waals surface area contributed by atoms with Gasteiger partial charge in [-0.05, 0) is 6.42 Å². The molecule has 0 fully saturated rings. The van der Waals surface area contributed by atoms with E-state index in [1.54, 1.807) is 12.3 Å². The Hall–Kier alpha value is -1.32. The third-order valence-corrected chi connectivity index (χ3v) is 1.49. The van der Waals surface area contributed by atoms with Gasteiger partial charge >= 0.3 is 0 Å². The molecule has 1 amide bonds. The highest BCUT2D eigenvalue weighted by atomic mass is 16.1. The Bertz CT molecular complexity index is 220. The van der Waals surface area contributed by atoms with Gasteiger partial charge < -0.3 is 5.32 Å². The Kier molecular flexibility index (Phi) is 3.32. The summed E-state index contributed by atoms with van der Waals surface area (Å²) in [5.41, 5.74) is 3.68. The first kappa shape index (κ1) is 8.77. The monoisotopic (exact) mass is 166 g/mol. The molecule has 12 heavy (non-hydrogen) atoms. The largest absolute Gasteiger partial charge is 0.309 e. The number of carbonyl (C=O) groups excluding carboxylic acids is 1. The molecule has 0 aromatic rings. The van der Waals surface area contributed by atoms with Gasteiger partial charge in [-0.15, -0.1) is 5.43 Å². The number of hydrogen-bond acceptors (Lipinski definition) is 2. The predicted octanol–water partition coefficient (Wildman–Crippen LogP) is 0.738. The summed E-state index contributed by atoms with van der Waals surface area (Å²) in [5, 5.41) is 6.23. The molecule has 0 aliphatic carbocycles. The first-order chi connectivity index (χ1) is 5.83. The number of allylic oxidation sites excluding steroid dienone is 1. The van der Waals surface area contributed by atoms with Crippen LogP contribution in [-0.2, 0) is 4.79 Å². The van der Waals surface area contributed by atoms with Crippen LogP contribution in [0.5, 0.6) is 0 Å². The van der Waals surface area contributed by atoms with Gasteiger partial charge in [0.2, 0.25) is 5.91 Å². The number of carbonyl (C=O) groups is 1. The van der Waals surface area contributed by atoms with Crippen molar-refractivity contribution in [3.63, 3.8) is 0 Å². The highest BCUT2D eigenvalue weighted by Gasteiger charge is 2.05. The van der Waals surface area contributed by atoms with Crippen LogP contribution in [0.25, 0.3) is 0 Å². The summed E-state index contributed by atoms with van der Waals surface area (Å²) in [5.74, 6) is 0.549. The van der Waals surface area contributed by atoms with E-state index in [0.717, 1.165) is 12.8 Å². The highest BCUT2D eigenvalue weighted by Crippen LogP contribution is 1.96. The average molecular weight is 166 g/mol. The molecular weight excluding hydrogens is 154 g/mol. The zero-order valence-electron chi connectivity index (χ0n) is 7.08. The van der Waals surface area contributed by atoms with Crippen LogP contribution in [0.3, 0.4) is 0 Å². The lowest BCUT2D eigenvalue weighted by molar-refractivity contribution is -0.120. The molecule has 1 radical (unpaired) electrons. The van der Waals surface area contributed by atoms with Gasteiger partial charge in [0, 0.05) is 12.5 Å². The zero-order chi connectivity index (χ0) is 8.81. The van der Waals surface area contributed by atoms with Crippen LogP contribution in [0.15, 0.2) is 17.0 Å². The Morgan fingerprint density at radius 2 is 2.50 bits per heavy atom. The van der Waals surface area contributed by atoms with Crippen molar-refractivity contribution in [2.75, 3.05) is 0 Å². The summed E-state index contributed by atoms with van der Waals surface area (Å²) in [6.45, 7) is 2.05. The number of hydrogen-bond donors (Lipinski definition) is 1. The van der Waals surface area contributed by atoms with Crippen molar-refractivity contribution in [1.82, 2.24) is 10.7 Å². The molecule has 1 aliphatic rings. The molecule has 1 N–H and O–H groups in total. The lowest BCUT2D eigenvalue weighted by atomic mass is 10.2. The van der Waals surface area contributed by atoms with Crippen molar-refractivity contribution in [2.45, 2.75) is 26.2 Å². The molecule has 0 saturated carbocycles. The summed E-state index contributed by atoms with van der Waals surface area (Å²) in [7, 11) is 0. The van der Waals surface area contributed by atoms with Gasteiger partial charge in [0.15, 0.2) is 5.82 Å². The van der Waals surface area contributed by atoms with Crippen molar-refractivity contribution in [3.05, 3.63) is 11.9 Å². The van der Waals surface area contributed by atoms with E-state index in [1.165, 1.54) is 0 Å². The second-order valence-corrected chi connectivity index (χ2v) is 2.57. The van der Waals surface area contributed by atoms with Crippen LogP contribution in [0.1, 0.15) is 26.2 Å². The van der Waals surface area contributed by atoms with Crippen LogP contribution < -0.4 is 10.7 Å². The van der Waals surface area contributed by atoms with Crippen LogP contribution in [0, 0.1) is 0 Å². The predicted molar refractivity (Wildman–Crippen MR) is 46.4 cm³/mol. The van der Waals surface area contributed by atoms with Crippen LogP contribution in [0.2, 0.25) is 0 Å². The van der Waals surface area contributed by atoms with Crippen LogP contribution >= 0.6 is 0 Å². The van der Waals surface area contributed by atoms with E-state index >= 15 is 0 Å². The van der Waals surface area contributed by atoms with Gasteiger partial charge in [-0.1, -0.05) is 13.3 Å².